The van der Waals surface area contributed by atoms with E-state index < -0.39 is 10.0 Å². The second-order valence-corrected chi connectivity index (χ2v) is 9.82. The molecule has 2 fully saturated rings. The van der Waals surface area contributed by atoms with Crippen molar-refractivity contribution in [2.45, 2.75) is 23.7 Å². The molecule has 30 heavy (non-hydrogen) atoms. The molecule has 2 aromatic heterocycles. The highest BCUT2D eigenvalue weighted by Crippen LogP contribution is 2.40. The number of pyridine rings is 1. The third-order valence-electron chi connectivity index (χ3n) is 5.36. The maximum Gasteiger partial charge on any atom is 0.251 e. The van der Waals surface area contributed by atoms with Crippen LogP contribution in [-0.4, -0.2) is 54.1 Å². The van der Waals surface area contributed by atoms with E-state index >= 15 is 0 Å². The predicted molar refractivity (Wildman–Crippen MR) is 112 cm³/mol. The van der Waals surface area contributed by atoms with Gasteiger partial charge in [0.1, 0.15) is 5.82 Å². The molecule has 1 aliphatic heterocycles. The van der Waals surface area contributed by atoms with Gasteiger partial charge in [-0.1, -0.05) is 17.7 Å². The van der Waals surface area contributed by atoms with Gasteiger partial charge in [-0.25, -0.2) is 13.4 Å². The Bertz CT molecular complexity index is 1170. The lowest BCUT2D eigenvalue weighted by atomic mass is 10.2. The fourth-order valence-corrected chi connectivity index (χ4v) is 5.29. The van der Waals surface area contributed by atoms with Crippen LogP contribution in [0.4, 0.5) is 5.82 Å². The first-order chi connectivity index (χ1) is 14.5. The predicted octanol–water partition coefficient (Wildman–Crippen LogP) is 3.17. The fraction of sp³-hybridized carbons (Fsp3) is 0.350. The summed E-state index contributed by atoms with van der Waals surface area (Å²) in [6.07, 6.45) is 3.89. The van der Waals surface area contributed by atoms with Gasteiger partial charge in [0, 0.05) is 43.3 Å². The Labute approximate surface area is 179 Å². The number of aromatic nitrogens is 3. The van der Waals surface area contributed by atoms with Gasteiger partial charge in [0.25, 0.3) is 5.89 Å². The van der Waals surface area contributed by atoms with Crippen LogP contribution in [0.25, 0.3) is 11.5 Å². The Morgan fingerprint density at radius 3 is 2.57 bits per heavy atom. The molecule has 0 atom stereocenters. The number of hydrogen-bond donors (Lipinski definition) is 0. The molecule has 0 N–H and O–H groups in total. The molecular weight excluding hydrogens is 426 g/mol. The molecular formula is C20H20ClN5O3S. The lowest BCUT2D eigenvalue weighted by molar-refractivity contribution is 0.384. The molecule has 1 saturated heterocycles. The van der Waals surface area contributed by atoms with E-state index in [1.165, 1.54) is 10.4 Å². The van der Waals surface area contributed by atoms with E-state index in [4.69, 9.17) is 16.0 Å². The molecule has 3 heterocycles. The van der Waals surface area contributed by atoms with Gasteiger partial charge >= 0.3 is 0 Å². The molecule has 1 saturated carbocycles. The first-order valence-electron chi connectivity index (χ1n) is 9.82. The number of benzene rings is 1. The minimum absolute atomic E-state index is 0.209. The second kappa shape index (κ2) is 7.64. The average molecular weight is 446 g/mol. The van der Waals surface area contributed by atoms with Crippen LogP contribution in [0.15, 0.2) is 51.9 Å². The first kappa shape index (κ1) is 19.5. The topological polar surface area (TPSA) is 92.4 Å². The SMILES string of the molecule is O=S(=O)(c1cccc(Cl)c1)N1CCN(c2ncccc2-c2nnc(C3CC3)o2)CC1. The van der Waals surface area contributed by atoms with Gasteiger partial charge in [-0.3, -0.25) is 0 Å². The van der Waals surface area contributed by atoms with Crippen molar-refractivity contribution in [3.63, 3.8) is 0 Å². The molecule has 156 valence electrons. The standard InChI is InChI=1S/C20H20ClN5O3S/c21-15-3-1-4-16(13-15)30(27,28)26-11-9-25(10-12-26)18-17(5-2-8-22-18)20-24-23-19(29-20)14-6-7-14/h1-5,8,13-14H,6-7,9-12H2. The molecule has 0 amide bonds. The highest BCUT2D eigenvalue weighted by Gasteiger charge is 2.32. The summed E-state index contributed by atoms with van der Waals surface area (Å²) in [5.41, 5.74) is 0.767. The van der Waals surface area contributed by atoms with Crippen LogP contribution in [0.5, 0.6) is 0 Å². The number of piperazine rings is 1. The molecule has 3 aromatic rings. The highest BCUT2D eigenvalue weighted by atomic mass is 35.5. The Balaban J connectivity index is 1.35. The average Bonchev–Trinajstić information content (AvgIpc) is 3.50. The van der Waals surface area contributed by atoms with Crippen LogP contribution in [0.2, 0.25) is 5.02 Å². The Morgan fingerprint density at radius 2 is 1.83 bits per heavy atom. The van der Waals surface area contributed by atoms with Crippen LogP contribution in [0.3, 0.4) is 0 Å². The smallest absolute Gasteiger partial charge is 0.251 e. The number of hydrogen-bond acceptors (Lipinski definition) is 7. The van der Waals surface area contributed by atoms with E-state index in [1.807, 2.05) is 12.1 Å². The van der Waals surface area contributed by atoms with Crippen LogP contribution >= 0.6 is 11.6 Å². The summed E-state index contributed by atoms with van der Waals surface area (Å²) < 4.78 is 33.2. The van der Waals surface area contributed by atoms with E-state index in [0.29, 0.717) is 48.9 Å². The number of halogens is 1. The maximum atomic E-state index is 12.9. The lowest BCUT2D eigenvalue weighted by Gasteiger charge is -2.35. The number of nitrogens with zero attached hydrogens (tertiary/aromatic N) is 5. The molecule has 0 bridgehead atoms. The molecule has 8 nitrogen and oxygen atoms in total. The van der Waals surface area contributed by atoms with Crippen molar-refractivity contribution in [1.82, 2.24) is 19.5 Å². The van der Waals surface area contributed by atoms with Gasteiger partial charge < -0.3 is 9.32 Å². The maximum absolute atomic E-state index is 12.9. The summed E-state index contributed by atoms with van der Waals surface area (Å²) in [5, 5.41) is 8.77. The molecule has 2 aliphatic rings. The van der Waals surface area contributed by atoms with Gasteiger partial charge in [0.05, 0.1) is 10.5 Å². The molecule has 1 aliphatic carbocycles. The summed E-state index contributed by atoms with van der Waals surface area (Å²) >= 11 is 5.97. The van der Waals surface area contributed by atoms with Crippen molar-refractivity contribution in [3.05, 3.63) is 53.5 Å². The zero-order chi connectivity index (χ0) is 20.7. The van der Waals surface area contributed by atoms with Crippen LogP contribution in [0.1, 0.15) is 24.7 Å². The fourth-order valence-electron chi connectivity index (χ4n) is 3.57. The molecule has 0 spiro atoms. The quantitative estimate of drug-likeness (QED) is 0.595. The largest absolute Gasteiger partial charge is 0.420 e. The minimum atomic E-state index is -3.59. The van der Waals surface area contributed by atoms with E-state index in [2.05, 4.69) is 20.1 Å². The molecule has 0 radical (unpaired) electrons. The summed E-state index contributed by atoms with van der Waals surface area (Å²) in [6, 6.07) is 10.1. The zero-order valence-corrected chi connectivity index (χ0v) is 17.7. The van der Waals surface area contributed by atoms with Crippen molar-refractivity contribution >= 4 is 27.4 Å². The van der Waals surface area contributed by atoms with Crippen LogP contribution in [0, 0.1) is 0 Å². The van der Waals surface area contributed by atoms with Gasteiger partial charge in [-0.2, -0.15) is 4.31 Å². The minimum Gasteiger partial charge on any atom is -0.420 e. The van der Waals surface area contributed by atoms with Gasteiger partial charge in [0.15, 0.2) is 0 Å². The van der Waals surface area contributed by atoms with Gasteiger partial charge in [0.2, 0.25) is 15.9 Å². The van der Waals surface area contributed by atoms with Crippen LogP contribution in [-0.2, 0) is 10.0 Å². The van der Waals surface area contributed by atoms with Gasteiger partial charge in [-0.05, 0) is 43.2 Å². The van der Waals surface area contributed by atoms with Crippen molar-refractivity contribution in [2.75, 3.05) is 31.1 Å². The third-order valence-corrected chi connectivity index (χ3v) is 7.49. The molecule has 1 aromatic carbocycles. The number of rotatable bonds is 5. The van der Waals surface area contributed by atoms with E-state index in [0.717, 1.165) is 24.2 Å². The zero-order valence-electron chi connectivity index (χ0n) is 16.1. The third kappa shape index (κ3) is 3.68. The lowest BCUT2D eigenvalue weighted by Crippen LogP contribution is -2.49. The second-order valence-electron chi connectivity index (χ2n) is 7.44. The number of sulfonamides is 1. The summed E-state index contributed by atoms with van der Waals surface area (Å²) in [6.45, 7) is 1.71. The van der Waals surface area contributed by atoms with Crippen molar-refractivity contribution in [3.8, 4) is 11.5 Å². The molecule has 5 rings (SSSR count). The van der Waals surface area contributed by atoms with Crippen LogP contribution < -0.4 is 4.90 Å². The van der Waals surface area contributed by atoms with Gasteiger partial charge in [-0.15, -0.1) is 10.2 Å². The highest BCUT2D eigenvalue weighted by molar-refractivity contribution is 7.89. The van der Waals surface area contributed by atoms with E-state index in [9.17, 15) is 8.42 Å². The summed E-state index contributed by atoms with van der Waals surface area (Å²) in [4.78, 5) is 6.78. The van der Waals surface area contributed by atoms with E-state index in [1.54, 1.807) is 24.4 Å². The number of anilines is 1. The van der Waals surface area contributed by atoms with Crippen molar-refractivity contribution in [1.29, 1.82) is 0 Å². The summed E-state index contributed by atoms with van der Waals surface area (Å²) in [5.74, 6) is 2.24. The van der Waals surface area contributed by atoms with Crippen molar-refractivity contribution in [2.24, 2.45) is 0 Å². The molecule has 10 heteroatoms. The molecule has 0 unspecified atom stereocenters. The summed E-state index contributed by atoms with van der Waals surface area (Å²) in [7, 11) is -3.59. The van der Waals surface area contributed by atoms with E-state index in [-0.39, 0.29) is 4.90 Å². The van der Waals surface area contributed by atoms with Crippen molar-refractivity contribution < 1.29 is 12.8 Å². The Hall–Kier alpha value is -2.49. The Kier molecular flexibility index (Phi) is 4.96. The monoisotopic (exact) mass is 445 g/mol. The first-order valence-corrected chi connectivity index (χ1v) is 11.6. The normalized spacial score (nSPS) is 18.0. The Morgan fingerprint density at radius 1 is 1.03 bits per heavy atom.